The van der Waals surface area contributed by atoms with Gasteiger partial charge in [-0.1, -0.05) is 31.0 Å². The maximum Gasteiger partial charge on any atom is 0.316 e. The van der Waals surface area contributed by atoms with Gasteiger partial charge in [0.05, 0.1) is 5.75 Å². The van der Waals surface area contributed by atoms with E-state index in [9.17, 15) is 9.59 Å². The normalized spacial score (nSPS) is 15.2. The lowest BCUT2D eigenvalue weighted by molar-refractivity contribution is -0.146. The molecule has 0 saturated heterocycles. The fourth-order valence-electron chi connectivity index (χ4n) is 2.90. The lowest BCUT2D eigenvalue weighted by atomic mass is 9.89. The summed E-state index contributed by atoms with van der Waals surface area (Å²) in [6.45, 7) is 0.464. The zero-order valence-electron chi connectivity index (χ0n) is 13.9. The molecule has 0 bridgehead atoms. The maximum absolute atomic E-state index is 11.8. The van der Waals surface area contributed by atoms with Crippen molar-refractivity contribution in [2.24, 2.45) is 5.92 Å². The number of esters is 1. The summed E-state index contributed by atoms with van der Waals surface area (Å²) in [5.41, 5.74) is 0. The summed E-state index contributed by atoms with van der Waals surface area (Å²) in [6, 6.07) is 1.94. The largest absolute Gasteiger partial charge is 0.455 e. The highest BCUT2D eigenvalue weighted by molar-refractivity contribution is 8.00. The molecule has 1 fully saturated rings. The molecule has 1 amide bonds. The third-order valence-electron chi connectivity index (χ3n) is 4.23. The van der Waals surface area contributed by atoms with Crippen molar-refractivity contribution in [1.82, 2.24) is 15.3 Å². The van der Waals surface area contributed by atoms with Gasteiger partial charge in [-0.3, -0.25) is 9.59 Å². The van der Waals surface area contributed by atoms with E-state index < -0.39 is 5.97 Å². The predicted octanol–water partition coefficient (Wildman–Crippen LogP) is 3.02. The monoisotopic (exact) mass is 379 g/mol. The van der Waals surface area contributed by atoms with Gasteiger partial charge in [-0.2, -0.15) is 0 Å². The van der Waals surface area contributed by atoms with Gasteiger partial charge in [0.1, 0.15) is 16.2 Å². The molecule has 6 nitrogen and oxygen atoms in total. The van der Waals surface area contributed by atoms with Crippen LogP contribution in [-0.2, 0) is 14.3 Å². The fourth-order valence-corrected chi connectivity index (χ4v) is 4.47. The molecule has 0 atom stereocenters. The number of carbonyl (C=O) groups excluding carboxylic acids is 2. The number of amides is 1. The van der Waals surface area contributed by atoms with E-state index in [0.29, 0.717) is 12.5 Å². The van der Waals surface area contributed by atoms with Crippen molar-refractivity contribution in [3.05, 3.63) is 17.8 Å². The van der Waals surface area contributed by atoms with Crippen LogP contribution in [0.25, 0.3) is 10.2 Å². The van der Waals surface area contributed by atoms with Gasteiger partial charge in [0.15, 0.2) is 6.61 Å². The molecule has 2 aromatic rings. The summed E-state index contributed by atoms with van der Waals surface area (Å²) in [5, 5.41) is 6.50. The van der Waals surface area contributed by atoms with Gasteiger partial charge >= 0.3 is 5.97 Å². The first-order valence-corrected chi connectivity index (χ1v) is 10.3. The van der Waals surface area contributed by atoms with Gasteiger partial charge in [0.25, 0.3) is 5.91 Å². The summed E-state index contributed by atoms with van der Waals surface area (Å²) >= 11 is 2.83. The van der Waals surface area contributed by atoms with Crippen LogP contribution in [0.1, 0.15) is 32.1 Å². The third-order valence-corrected chi connectivity index (χ3v) is 6.03. The molecule has 0 radical (unpaired) electrons. The summed E-state index contributed by atoms with van der Waals surface area (Å²) in [6.07, 6.45) is 7.62. The molecule has 2 aromatic heterocycles. The number of hydrogen-bond acceptors (Lipinski definition) is 7. The van der Waals surface area contributed by atoms with Crippen molar-refractivity contribution >= 4 is 45.2 Å². The molecule has 0 unspecified atom stereocenters. The van der Waals surface area contributed by atoms with Crippen LogP contribution in [0.4, 0.5) is 0 Å². The van der Waals surface area contributed by atoms with Gasteiger partial charge in [0, 0.05) is 11.9 Å². The van der Waals surface area contributed by atoms with Crippen molar-refractivity contribution in [3.8, 4) is 0 Å². The van der Waals surface area contributed by atoms with Gasteiger partial charge in [0.2, 0.25) is 0 Å². The summed E-state index contributed by atoms with van der Waals surface area (Å²) in [7, 11) is 0. The summed E-state index contributed by atoms with van der Waals surface area (Å²) < 4.78 is 5.05. The van der Waals surface area contributed by atoms with Crippen molar-refractivity contribution in [2.75, 3.05) is 18.9 Å². The van der Waals surface area contributed by atoms with E-state index in [1.807, 2.05) is 11.4 Å². The highest BCUT2D eigenvalue weighted by atomic mass is 32.2. The quantitative estimate of drug-likeness (QED) is 0.452. The minimum atomic E-state index is -0.417. The van der Waals surface area contributed by atoms with E-state index in [0.717, 1.165) is 15.2 Å². The van der Waals surface area contributed by atoms with Crippen LogP contribution in [0, 0.1) is 5.92 Å². The number of thiophene rings is 1. The second kappa shape index (κ2) is 9.15. The Labute approximate surface area is 154 Å². The number of carbonyl (C=O) groups is 2. The van der Waals surface area contributed by atoms with Crippen molar-refractivity contribution in [1.29, 1.82) is 0 Å². The zero-order valence-corrected chi connectivity index (χ0v) is 15.5. The molecule has 3 rings (SSSR count). The number of thioether (sulfide) groups is 1. The van der Waals surface area contributed by atoms with Crippen LogP contribution in [0.3, 0.4) is 0 Å². The van der Waals surface area contributed by atoms with Crippen LogP contribution in [-0.4, -0.2) is 40.7 Å². The number of hydrogen-bond donors (Lipinski definition) is 1. The Morgan fingerprint density at radius 1 is 1.28 bits per heavy atom. The maximum atomic E-state index is 11.8. The Morgan fingerprint density at radius 3 is 2.96 bits per heavy atom. The Kier molecular flexibility index (Phi) is 6.63. The van der Waals surface area contributed by atoms with E-state index in [1.54, 1.807) is 0 Å². The number of rotatable bonds is 7. The van der Waals surface area contributed by atoms with Gasteiger partial charge in [-0.25, -0.2) is 9.97 Å². The van der Waals surface area contributed by atoms with Gasteiger partial charge in [-0.05, 0) is 30.2 Å². The summed E-state index contributed by atoms with van der Waals surface area (Å²) in [4.78, 5) is 32.9. The highest BCUT2D eigenvalue weighted by Crippen LogP contribution is 2.27. The molecule has 8 heteroatoms. The predicted molar refractivity (Wildman–Crippen MR) is 98.7 cm³/mol. The lowest BCUT2D eigenvalue weighted by Crippen LogP contribution is -2.33. The molecular weight excluding hydrogens is 358 g/mol. The topological polar surface area (TPSA) is 81.2 Å². The van der Waals surface area contributed by atoms with E-state index >= 15 is 0 Å². The third kappa shape index (κ3) is 5.40. The van der Waals surface area contributed by atoms with Crippen molar-refractivity contribution < 1.29 is 14.3 Å². The first kappa shape index (κ1) is 18.1. The molecule has 0 aliphatic heterocycles. The van der Waals surface area contributed by atoms with E-state index in [2.05, 4.69) is 15.3 Å². The lowest BCUT2D eigenvalue weighted by Gasteiger charge is -2.21. The number of nitrogens with zero attached hydrogens (tertiary/aromatic N) is 2. The number of ether oxygens (including phenoxy) is 1. The first-order valence-electron chi connectivity index (χ1n) is 8.45. The van der Waals surface area contributed by atoms with E-state index in [4.69, 9.17) is 4.74 Å². The molecule has 2 heterocycles. The molecule has 1 N–H and O–H groups in total. The molecule has 1 aliphatic rings. The average molecular weight is 380 g/mol. The van der Waals surface area contributed by atoms with Gasteiger partial charge in [-0.15, -0.1) is 11.3 Å². The Bertz CT molecular complexity index is 729. The van der Waals surface area contributed by atoms with Crippen molar-refractivity contribution in [3.63, 3.8) is 0 Å². The minimum Gasteiger partial charge on any atom is -0.455 e. The van der Waals surface area contributed by atoms with Crippen LogP contribution in [0.15, 0.2) is 22.8 Å². The Morgan fingerprint density at radius 2 is 2.12 bits per heavy atom. The SMILES string of the molecule is O=C(COC(=O)CSc1ncnc2sccc12)NCC1CCCCC1. The Balaban J connectivity index is 1.36. The molecule has 1 saturated carbocycles. The van der Waals surface area contributed by atoms with E-state index in [1.165, 1.54) is 61.5 Å². The highest BCUT2D eigenvalue weighted by Gasteiger charge is 2.15. The smallest absolute Gasteiger partial charge is 0.316 e. The van der Waals surface area contributed by atoms with Crippen molar-refractivity contribution in [2.45, 2.75) is 37.1 Å². The van der Waals surface area contributed by atoms with Crippen LogP contribution < -0.4 is 5.32 Å². The molecule has 0 aromatic carbocycles. The number of nitrogens with one attached hydrogen (secondary N) is 1. The van der Waals surface area contributed by atoms with E-state index in [-0.39, 0.29) is 18.3 Å². The Hall–Kier alpha value is -1.67. The molecular formula is C17H21N3O3S2. The fraction of sp³-hybridized carbons (Fsp3) is 0.529. The second-order valence-corrected chi connectivity index (χ2v) is 7.93. The molecule has 1 aliphatic carbocycles. The second-order valence-electron chi connectivity index (χ2n) is 6.08. The summed E-state index contributed by atoms with van der Waals surface area (Å²) in [5.74, 6) is 0.0402. The van der Waals surface area contributed by atoms with Crippen LogP contribution >= 0.6 is 23.1 Å². The first-order chi connectivity index (χ1) is 12.2. The minimum absolute atomic E-state index is 0.123. The number of fused-ring (bicyclic) bond motifs is 1. The molecule has 0 spiro atoms. The average Bonchev–Trinajstić information content (AvgIpc) is 3.13. The standard InChI is InChI=1S/C17H21N3O3S2/c21-14(18-8-12-4-2-1-3-5-12)9-23-15(22)10-25-17-13-6-7-24-16(13)19-11-20-17/h6-7,11-12H,1-5,8-10H2,(H,18,21). The van der Waals surface area contributed by atoms with Gasteiger partial charge < -0.3 is 10.1 Å². The zero-order chi connectivity index (χ0) is 17.5. The molecule has 134 valence electrons. The molecule has 25 heavy (non-hydrogen) atoms. The van der Waals surface area contributed by atoms with Crippen LogP contribution in [0.5, 0.6) is 0 Å². The van der Waals surface area contributed by atoms with Crippen LogP contribution in [0.2, 0.25) is 0 Å². The number of aromatic nitrogens is 2.